The van der Waals surface area contributed by atoms with Crippen LogP contribution >= 0.6 is 0 Å². The first kappa shape index (κ1) is 12.7. The lowest BCUT2D eigenvalue weighted by atomic mass is 10.2. The van der Waals surface area contributed by atoms with Crippen molar-refractivity contribution in [1.82, 2.24) is 25.6 Å². The van der Waals surface area contributed by atoms with Gasteiger partial charge in [0.05, 0.1) is 11.8 Å². The number of carbonyl (C=O) groups is 1. The molecule has 3 aromatic rings. The second-order valence-electron chi connectivity index (χ2n) is 4.20. The fourth-order valence-corrected chi connectivity index (χ4v) is 1.78. The van der Waals surface area contributed by atoms with E-state index in [1.165, 1.54) is 18.5 Å². The molecule has 0 aliphatic carbocycles. The Kier molecular flexibility index (Phi) is 3.26. The Morgan fingerprint density at radius 2 is 2.14 bits per heavy atom. The van der Waals surface area contributed by atoms with Crippen molar-refractivity contribution in [1.29, 1.82) is 0 Å². The quantitative estimate of drug-likeness (QED) is 0.665. The number of nitrogens with zero attached hydrogens (tertiary/aromatic N) is 4. The summed E-state index contributed by atoms with van der Waals surface area (Å²) in [6.07, 6.45) is 2.63. The zero-order chi connectivity index (χ0) is 14.7. The first-order valence-corrected chi connectivity index (χ1v) is 6.01. The maximum Gasteiger partial charge on any atom is 0.257 e. The molecule has 0 bridgehead atoms. The number of benzene rings is 1. The summed E-state index contributed by atoms with van der Waals surface area (Å²) < 4.78 is 0. The molecule has 0 unspecified atom stereocenters. The van der Waals surface area contributed by atoms with E-state index in [2.05, 4.69) is 30.9 Å². The standard InChI is InChI=1S/C13H10N6O2/c20-11-5-9(6-14-7-11)13(21)15-10-3-1-2-8(4-10)12-16-18-19-17-12/h1-7,20H,(H,15,21)(H,16,17,18,19). The molecule has 0 saturated heterocycles. The Bertz CT molecular complexity index is 772. The molecular weight excluding hydrogens is 272 g/mol. The molecule has 0 fully saturated rings. The fraction of sp³-hybridized carbons (Fsp3) is 0. The number of tetrazole rings is 1. The van der Waals surface area contributed by atoms with Gasteiger partial charge in [-0.15, -0.1) is 10.2 Å². The van der Waals surface area contributed by atoms with Gasteiger partial charge in [-0.25, -0.2) is 0 Å². The van der Waals surface area contributed by atoms with Gasteiger partial charge in [0.15, 0.2) is 0 Å². The number of aromatic amines is 1. The molecule has 3 N–H and O–H groups in total. The molecule has 8 heteroatoms. The normalized spacial score (nSPS) is 10.3. The number of nitrogens with one attached hydrogen (secondary N) is 2. The van der Waals surface area contributed by atoms with Crippen molar-refractivity contribution < 1.29 is 9.90 Å². The van der Waals surface area contributed by atoms with Gasteiger partial charge in [-0.1, -0.05) is 12.1 Å². The van der Waals surface area contributed by atoms with Gasteiger partial charge in [0.2, 0.25) is 5.82 Å². The number of pyridine rings is 1. The summed E-state index contributed by atoms with van der Waals surface area (Å²) in [5.41, 5.74) is 1.56. The van der Waals surface area contributed by atoms with Gasteiger partial charge >= 0.3 is 0 Å². The highest BCUT2D eigenvalue weighted by Gasteiger charge is 2.09. The summed E-state index contributed by atoms with van der Waals surface area (Å²) in [4.78, 5) is 15.8. The van der Waals surface area contributed by atoms with Crippen molar-refractivity contribution in [2.45, 2.75) is 0 Å². The number of carbonyl (C=O) groups excluding carboxylic acids is 1. The van der Waals surface area contributed by atoms with E-state index >= 15 is 0 Å². The van der Waals surface area contributed by atoms with Crippen LogP contribution in [0, 0.1) is 0 Å². The molecular formula is C13H10N6O2. The van der Waals surface area contributed by atoms with Crippen LogP contribution < -0.4 is 5.32 Å². The molecule has 0 aliphatic heterocycles. The monoisotopic (exact) mass is 282 g/mol. The summed E-state index contributed by atoms with van der Waals surface area (Å²) in [7, 11) is 0. The predicted molar refractivity (Wildman–Crippen MR) is 73.5 cm³/mol. The van der Waals surface area contributed by atoms with Gasteiger partial charge < -0.3 is 10.4 Å². The number of hydrogen-bond acceptors (Lipinski definition) is 6. The van der Waals surface area contributed by atoms with Crippen LogP contribution in [0.2, 0.25) is 0 Å². The van der Waals surface area contributed by atoms with Gasteiger partial charge in [-0.3, -0.25) is 9.78 Å². The number of aromatic hydroxyl groups is 1. The molecule has 1 aromatic carbocycles. The van der Waals surface area contributed by atoms with Crippen LogP contribution in [0.3, 0.4) is 0 Å². The maximum absolute atomic E-state index is 12.1. The van der Waals surface area contributed by atoms with E-state index in [0.717, 1.165) is 5.56 Å². The highest BCUT2D eigenvalue weighted by molar-refractivity contribution is 6.04. The van der Waals surface area contributed by atoms with Crippen LogP contribution in [0.25, 0.3) is 11.4 Å². The predicted octanol–water partition coefficient (Wildman–Crippen LogP) is 1.22. The van der Waals surface area contributed by atoms with E-state index in [9.17, 15) is 9.90 Å². The van der Waals surface area contributed by atoms with Crippen molar-refractivity contribution in [2.24, 2.45) is 0 Å². The topological polar surface area (TPSA) is 117 Å². The molecule has 8 nitrogen and oxygen atoms in total. The largest absolute Gasteiger partial charge is 0.506 e. The minimum absolute atomic E-state index is 0.0665. The maximum atomic E-state index is 12.1. The van der Waals surface area contributed by atoms with E-state index in [4.69, 9.17) is 0 Å². The smallest absolute Gasteiger partial charge is 0.257 e. The molecule has 0 radical (unpaired) electrons. The zero-order valence-corrected chi connectivity index (χ0v) is 10.7. The van der Waals surface area contributed by atoms with Crippen LogP contribution in [-0.2, 0) is 0 Å². The molecule has 104 valence electrons. The summed E-state index contributed by atoms with van der Waals surface area (Å²) in [6.45, 7) is 0. The van der Waals surface area contributed by atoms with Crippen LogP contribution in [-0.4, -0.2) is 36.6 Å². The molecule has 0 atom stereocenters. The number of aromatic nitrogens is 5. The summed E-state index contributed by atoms with van der Waals surface area (Å²) in [5, 5.41) is 25.6. The molecule has 0 spiro atoms. The van der Waals surface area contributed by atoms with E-state index in [0.29, 0.717) is 11.5 Å². The van der Waals surface area contributed by atoms with Crippen molar-refractivity contribution in [3.8, 4) is 17.1 Å². The van der Waals surface area contributed by atoms with E-state index < -0.39 is 0 Å². The highest BCUT2D eigenvalue weighted by atomic mass is 16.3. The van der Waals surface area contributed by atoms with Gasteiger partial charge in [0, 0.05) is 17.4 Å². The number of anilines is 1. The number of hydrogen-bond donors (Lipinski definition) is 3. The highest BCUT2D eigenvalue weighted by Crippen LogP contribution is 2.19. The first-order chi connectivity index (χ1) is 10.2. The molecule has 0 aliphatic rings. The molecule has 1 amide bonds. The Hall–Kier alpha value is -3.29. The molecule has 3 rings (SSSR count). The minimum atomic E-state index is -0.372. The van der Waals surface area contributed by atoms with Gasteiger partial charge in [0.25, 0.3) is 5.91 Å². The number of amides is 1. The lowest BCUT2D eigenvalue weighted by Gasteiger charge is -2.06. The molecule has 2 heterocycles. The van der Waals surface area contributed by atoms with E-state index in [1.807, 2.05) is 0 Å². The Morgan fingerprint density at radius 3 is 2.90 bits per heavy atom. The zero-order valence-electron chi connectivity index (χ0n) is 10.7. The lowest BCUT2D eigenvalue weighted by Crippen LogP contribution is -2.12. The van der Waals surface area contributed by atoms with Crippen molar-refractivity contribution in [3.63, 3.8) is 0 Å². The molecule has 2 aromatic heterocycles. The average Bonchev–Trinajstić information content (AvgIpc) is 3.02. The van der Waals surface area contributed by atoms with Crippen LogP contribution in [0.4, 0.5) is 5.69 Å². The van der Waals surface area contributed by atoms with Crippen LogP contribution in [0.5, 0.6) is 5.75 Å². The van der Waals surface area contributed by atoms with E-state index in [1.54, 1.807) is 24.3 Å². The Labute approximate surface area is 118 Å². The molecule has 21 heavy (non-hydrogen) atoms. The average molecular weight is 282 g/mol. The number of H-pyrrole nitrogens is 1. The third-order valence-electron chi connectivity index (χ3n) is 2.71. The Morgan fingerprint density at radius 1 is 1.24 bits per heavy atom. The van der Waals surface area contributed by atoms with Crippen molar-refractivity contribution in [2.75, 3.05) is 5.32 Å². The lowest BCUT2D eigenvalue weighted by molar-refractivity contribution is 0.102. The number of rotatable bonds is 3. The summed E-state index contributed by atoms with van der Waals surface area (Å²) in [6, 6.07) is 8.36. The molecule has 0 saturated carbocycles. The SMILES string of the molecule is O=C(Nc1cccc(-c2nn[nH]n2)c1)c1cncc(O)c1. The van der Waals surface area contributed by atoms with Gasteiger partial charge in [-0.2, -0.15) is 5.21 Å². The Balaban J connectivity index is 1.82. The first-order valence-electron chi connectivity index (χ1n) is 6.01. The van der Waals surface area contributed by atoms with Crippen LogP contribution in [0.1, 0.15) is 10.4 Å². The third-order valence-corrected chi connectivity index (χ3v) is 2.71. The second-order valence-corrected chi connectivity index (χ2v) is 4.20. The summed E-state index contributed by atoms with van der Waals surface area (Å²) >= 11 is 0. The van der Waals surface area contributed by atoms with E-state index in [-0.39, 0.29) is 17.2 Å². The second kappa shape index (κ2) is 5.37. The minimum Gasteiger partial charge on any atom is -0.506 e. The van der Waals surface area contributed by atoms with Crippen molar-refractivity contribution >= 4 is 11.6 Å². The van der Waals surface area contributed by atoms with Gasteiger partial charge in [0.1, 0.15) is 5.75 Å². The third kappa shape index (κ3) is 2.84. The van der Waals surface area contributed by atoms with Crippen molar-refractivity contribution in [3.05, 3.63) is 48.3 Å². The summed E-state index contributed by atoms with van der Waals surface area (Å²) in [5.74, 6) is -0.00280. The van der Waals surface area contributed by atoms with Crippen LogP contribution in [0.15, 0.2) is 42.7 Å². The fourth-order valence-electron chi connectivity index (χ4n) is 1.78. The van der Waals surface area contributed by atoms with Gasteiger partial charge in [-0.05, 0) is 23.4 Å².